The number of nitrogens with one attached hydrogen (secondary N) is 1. The fraction of sp³-hybridized carbons (Fsp3) is 0.476. The molecule has 1 aromatic carbocycles. The molecule has 0 saturated carbocycles. The van der Waals surface area contributed by atoms with Gasteiger partial charge >= 0.3 is 0 Å². The van der Waals surface area contributed by atoms with Gasteiger partial charge in [0.25, 0.3) is 5.95 Å². The predicted molar refractivity (Wildman–Crippen MR) is 111 cm³/mol. The molecule has 148 valence electrons. The number of rotatable bonds is 6. The fourth-order valence-corrected chi connectivity index (χ4v) is 3.20. The van der Waals surface area contributed by atoms with Crippen LogP contribution < -0.4 is 10.1 Å². The van der Waals surface area contributed by atoms with Crippen LogP contribution in [0.4, 0.5) is 5.95 Å². The number of hydrogen-bond acceptors (Lipinski definition) is 5. The standard InChI is InChI=1S/C21H27N5O2/c1-6-28-15-8-10-18-17(11-15)14(5)23-20(24-18)26-21-22-13(4)16(19(27)25-21)9-7-12(2)3/h8,10-12,16H,6-7,9H2,1-5H3,(H,23,24,25,26,27). The second-order valence-corrected chi connectivity index (χ2v) is 7.42. The van der Waals surface area contributed by atoms with Gasteiger partial charge in [-0.15, -0.1) is 0 Å². The summed E-state index contributed by atoms with van der Waals surface area (Å²) in [5, 5.41) is 3.70. The van der Waals surface area contributed by atoms with E-state index in [2.05, 4.69) is 39.1 Å². The number of fused-ring (bicyclic) bond motifs is 1. The van der Waals surface area contributed by atoms with Crippen LogP contribution in [-0.2, 0) is 4.79 Å². The number of guanidine groups is 1. The summed E-state index contributed by atoms with van der Waals surface area (Å²) in [6.45, 7) is 10.6. The largest absolute Gasteiger partial charge is 0.494 e. The minimum Gasteiger partial charge on any atom is -0.494 e. The van der Waals surface area contributed by atoms with Crippen molar-refractivity contribution in [1.82, 2.24) is 15.3 Å². The molecule has 28 heavy (non-hydrogen) atoms. The molecule has 1 aliphatic rings. The van der Waals surface area contributed by atoms with Crippen LogP contribution in [0.1, 0.15) is 46.2 Å². The number of benzene rings is 1. The van der Waals surface area contributed by atoms with Gasteiger partial charge in [-0.25, -0.2) is 15.0 Å². The third-order valence-electron chi connectivity index (χ3n) is 4.73. The zero-order chi connectivity index (χ0) is 20.3. The molecule has 7 heteroatoms. The van der Waals surface area contributed by atoms with E-state index < -0.39 is 0 Å². The Labute approximate surface area is 165 Å². The normalized spacial score (nSPS) is 18.5. The van der Waals surface area contributed by atoms with Crippen LogP contribution in [-0.4, -0.2) is 34.2 Å². The number of aryl methyl sites for hydroxylation is 1. The number of nitrogens with zero attached hydrogens (tertiary/aromatic N) is 4. The van der Waals surface area contributed by atoms with Gasteiger partial charge in [0, 0.05) is 11.1 Å². The minimum atomic E-state index is -0.197. The van der Waals surface area contributed by atoms with E-state index in [0.717, 1.165) is 40.9 Å². The zero-order valence-corrected chi connectivity index (χ0v) is 17.1. The maximum atomic E-state index is 12.5. The van der Waals surface area contributed by atoms with Gasteiger partial charge in [0.05, 0.1) is 23.7 Å². The average Bonchev–Trinajstić information content (AvgIpc) is 2.61. The number of carbonyl (C=O) groups excluding carboxylic acids is 1. The third kappa shape index (κ3) is 4.52. The Kier molecular flexibility index (Phi) is 6.02. The van der Waals surface area contributed by atoms with E-state index in [1.54, 1.807) is 0 Å². The van der Waals surface area contributed by atoms with E-state index in [4.69, 9.17) is 4.74 Å². The van der Waals surface area contributed by atoms with E-state index >= 15 is 0 Å². The van der Waals surface area contributed by atoms with E-state index in [-0.39, 0.29) is 23.7 Å². The van der Waals surface area contributed by atoms with E-state index in [1.165, 1.54) is 0 Å². The van der Waals surface area contributed by atoms with Gasteiger partial charge < -0.3 is 4.74 Å². The van der Waals surface area contributed by atoms with Crippen LogP contribution in [0.5, 0.6) is 5.75 Å². The molecule has 7 nitrogen and oxygen atoms in total. The van der Waals surface area contributed by atoms with Gasteiger partial charge in [0.2, 0.25) is 11.9 Å². The van der Waals surface area contributed by atoms with Crippen LogP contribution in [0.15, 0.2) is 28.2 Å². The van der Waals surface area contributed by atoms with Gasteiger partial charge in [-0.2, -0.15) is 4.99 Å². The predicted octanol–water partition coefficient (Wildman–Crippen LogP) is 3.97. The zero-order valence-electron chi connectivity index (χ0n) is 17.1. The Hall–Kier alpha value is -2.83. The lowest BCUT2D eigenvalue weighted by atomic mass is 9.93. The molecule has 3 rings (SSSR count). The quantitative estimate of drug-likeness (QED) is 0.820. The molecule has 0 fully saturated rings. The van der Waals surface area contributed by atoms with Crippen molar-refractivity contribution in [3.05, 3.63) is 23.9 Å². The number of aromatic nitrogens is 2. The summed E-state index contributed by atoms with van der Waals surface area (Å²) >= 11 is 0. The molecule has 1 atom stereocenters. The fourth-order valence-electron chi connectivity index (χ4n) is 3.20. The molecule has 0 radical (unpaired) electrons. The topological polar surface area (TPSA) is 88.8 Å². The van der Waals surface area contributed by atoms with Crippen molar-refractivity contribution in [2.75, 3.05) is 6.61 Å². The van der Waals surface area contributed by atoms with Crippen molar-refractivity contribution in [3.63, 3.8) is 0 Å². The van der Waals surface area contributed by atoms with Crippen molar-refractivity contribution in [3.8, 4) is 5.75 Å². The summed E-state index contributed by atoms with van der Waals surface area (Å²) in [5.41, 5.74) is 2.35. The Morgan fingerprint density at radius 2 is 2.04 bits per heavy atom. The second kappa shape index (κ2) is 8.46. The first-order valence-electron chi connectivity index (χ1n) is 9.73. The highest BCUT2D eigenvalue weighted by Crippen LogP contribution is 2.24. The van der Waals surface area contributed by atoms with Crippen LogP contribution in [0.25, 0.3) is 10.9 Å². The molecule has 0 saturated heterocycles. The van der Waals surface area contributed by atoms with Gasteiger partial charge in [0.15, 0.2) is 0 Å². The lowest BCUT2D eigenvalue weighted by Crippen LogP contribution is -2.43. The molecule has 1 aromatic heterocycles. The molecular formula is C21H27N5O2. The molecule has 2 aromatic rings. The Bertz CT molecular complexity index is 949. The first kappa shape index (κ1) is 19.9. The smallest absolute Gasteiger partial charge is 0.253 e. The monoisotopic (exact) mass is 381 g/mol. The number of carbonyl (C=O) groups is 1. The van der Waals surface area contributed by atoms with Crippen molar-refractivity contribution in [1.29, 1.82) is 0 Å². The highest BCUT2D eigenvalue weighted by atomic mass is 16.5. The van der Waals surface area contributed by atoms with Crippen LogP contribution in [0.2, 0.25) is 0 Å². The highest BCUT2D eigenvalue weighted by Gasteiger charge is 2.27. The maximum absolute atomic E-state index is 12.5. The highest BCUT2D eigenvalue weighted by molar-refractivity contribution is 6.17. The van der Waals surface area contributed by atoms with Gasteiger partial charge in [-0.3, -0.25) is 10.1 Å². The summed E-state index contributed by atoms with van der Waals surface area (Å²) in [6, 6.07) is 5.68. The first-order valence-corrected chi connectivity index (χ1v) is 9.73. The van der Waals surface area contributed by atoms with Gasteiger partial charge in [-0.1, -0.05) is 13.8 Å². The van der Waals surface area contributed by atoms with Crippen LogP contribution in [0.3, 0.4) is 0 Å². The molecule has 1 unspecified atom stereocenters. The van der Waals surface area contributed by atoms with Gasteiger partial charge in [0.1, 0.15) is 5.75 Å². The Balaban J connectivity index is 1.88. The SMILES string of the molecule is CCOc1ccc2nc(/N=C3\N=C(C)C(CCC(C)C)C(=O)N3)nc(C)c2c1. The lowest BCUT2D eigenvalue weighted by molar-refractivity contribution is -0.122. The number of ether oxygens (including phenoxy) is 1. The van der Waals surface area contributed by atoms with Crippen molar-refractivity contribution in [2.24, 2.45) is 21.8 Å². The molecule has 0 aliphatic carbocycles. The summed E-state index contributed by atoms with van der Waals surface area (Å²) in [5.74, 6) is 1.60. The molecule has 1 aliphatic heterocycles. The maximum Gasteiger partial charge on any atom is 0.253 e. The summed E-state index contributed by atoms with van der Waals surface area (Å²) in [6.07, 6.45) is 1.77. The van der Waals surface area contributed by atoms with E-state index in [0.29, 0.717) is 12.5 Å². The number of amides is 1. The lowest BCUT2D eigenvalue weighted by Gasteiger charge is -2.22. The minimum absolute atomic E-state index is 0.0641. The van der Waals surface area contributed by atoms with Crippen LogP contribution in [0, 0.1) is 18.8 Å². The number of aliphatic imine (C=N–C) groups is 2. The van der Waals surface area contributed by atoms with Crippen LogP contribution >= 0.6 is 0 Å². The Morgan fingerprint density at radius 3 is 2.71 bits per heavy atom. The molecule has 0 bridgehead atoms. The van der Waals surface area contributed by atoms with Crippen molar-refractivity contribution < 1.29 is 9.53 Å². The van der Waals surface area contributed by atoms with Crippen molar-refractivity contribution >= 4 is 34.4 Å². The summed E-state index contributed by atoms with van der Waals surface area (Å²) < 4.78 is 5.54. The average molecular weight is 381 g/mol. The van der Waals surface area contributed by atoms with Crippen molar-refractivity contribution in [2.45, 2.75) is 47.5 Å². The molecule has 0 spiro atoms. The first-order chi connectivity index (χ1) is 13.4. The Morgan fingerprint density at radius 1 is 1.25 bits per heavy atom. The van der Waals surface area contributed by atoms with E-state index in [9.17, 15) is 4.79 Å². The van der Waals surface area contributed by atoms with E-state index in [1.807, 2.05) is 39.0 Å². The molecule has 1 amide bonds. The molecule has 1 N–H and O–H groups in total. The van der Waals surface area contributed by atoms with Gasteiger partial charge in [-0.05, 0) is 57.7 Å². The summed E-state index contributed by atoms with van der Waals surface area (Å²) in [4.78, 5) is 30.2. The second-order valence-electron chi connectivity index (χ2n) is 7.42. The molecule has 2 heterocycles. The number of hydrogen-bond donors (Lipinski definition) is 1. The summed E-state index contributed by atoms with van der Waals surface area (Å²) in [7, 11) is 0. The third-order valence-corrected chi connectivity index (χ3v) is 4.73. The molecular weight excluding hydrogens is 354 g/mol.